The predicted molar refractivity (Wildman–Crippen MR) is 66.2 cm³/mol. The highest BCUT2D eigenvalue weighted by molar-refractivity contribution is 9.10. The highest BCUT2D eigenvalue weighted by Crippen LogP contribution is 2.20. The van der Waals surface area contributed by atoms with Gasteiger partial charge in [0.05, 0.1) is 10.6 Å². The minimum absolute atomic E-state index is 0.234. The average Bonchev–Trinajstić information content (AvgIpc) is 2.76. The Morgan fingerprint density at radius 3 is 3.06 bits per heavy atom. The van der Waals surface area contributed by atoms with Gasteiger partial charge < -0.3 is 10.1 Å². The first kappa shape index (κ1) is 11.9. The fourth-order valence-corrected chi connectivity index (χ4v) is 2.10. The molecule has 1 fully saturated rings. The van der Waals surface area contributed by atoms with Crippen molar-refractivity contribution in [2.75, 3.05) is 18.5 Å². The van der Waals surface area contributed by atoms with Gasteiger partial charge in [0.15, 0.2) is 0 Å². The van der Waals surface area contributed by atoms with Crippen molar-refractivity contribution in [3.05, 3.63) is 28.5 Å². The van der Waals surface area contributed by atoms with Gasteiger partial charge in [0, 0.05) is 18.8 Å². The molecule has 0 aliphatic carbocycles. The predicted octanol–water partition coefficient (Wildman–Crippen LogP) is 3.57. The quantitative estimate of drug-likeness (QED) is 0.914. The smallest absolute Gasteiger partial charge is 0.139 e. The van der Waals surface area contributed by atoms with Gasteiger partial charge in [-0.05, 0) is 53.4 Å². The molecule has 1 unspecified atom stereocenters. The van der Waals surface area contributed by atoms with Gasteiger partial charge in [0.1, 0.15) is 5.82 Å². The van der Waals surface area contributed by atoms with Crippen LogP contribution >= 0.6 is 15.9 Å². The van der Waals surface area contributed by atoms with E-state index in [9.17, 15) is 4.39 Å². The average molecular weight is 288 g/mol. The summed E-state index contributed by atoms with van der Waals surface area (Å²) in [5.74, 6) is -0.234. The van der Waals surface area contributed by atoms with Gasteiger partial charge >= 0.3 is 0 Å². The van der Waals surface area contributed by atoms with E-state index < -0.39 is 0 Å². The minimum atomic E-state index is -0.234. The fraction of sp³-hybridized carbons (Fsp3) is 0.500. The van der Waals surface area contributed by atoms with Gasteiger partial charge in [0.2, 0.25) is 0 Å². The van der Waals surface area contributed by atoms with Gasteiger partial charge in [-0.1, -0.05) is 0 Å². The van der Waals surface area contributed by atoms with Gasteiger partial charge in [-0.3, -0.25) is 0 Å². The van der Waals surface area contributed by atoms with Crippen molar-refractivity contribution in [1.82, 2.24) is 0 Å². The van der Waals surface area contributed by atoms with Crippen LogP contribution in [0.1, 0.15) is 19.3 Å². The van der Waals surface area contributed by atoms with Crippen LogP contribution in [0.25, 0.3) is 0 Å². The molecule has 0 saturated carbocycles. The molecule has 88 valence electrons. The molecular weight excluding hydrogens is 273 g/mol. The van der Waals surface area contributed by atoms with Crippen molar-refractivity contribution in [3.8, 4) is 0 Å². The molecule has 0 aromatic heterocycles. The molecule has 1 aliphatic heterocycles. The number of hydrogen-bond donors (Lipinski definition) is 1. The number of ether oxygens (including phenoxy) is 1. The second-order valence-corrected chi connectivity index (χ2v) is 4.83. The molecule has 0 amide bonds. The van der Waals surface area contributed by atoms with E-state index in [2.05, 4.69) is 21.2 Å². The molecule has 1 saturated heterocycles. The van der Waals surface area contributed by atoms with E-state index in [1.165, 1.54) is 6.07 Å². The zero-order chi connectivity index (χ0) is 11.4. The first-order valence-electron chi connectivity index (χ1n) is 5.56. The van der Waals surface area contributed by atoms with E-state index in [1.54, 1.807) is 6.07 Å². The topological polar surface area (TPSA) is 21.3 Å². The van der Waals surface area contributed by atoms with Gasteiger partial charge in [-0.2, -0.15) is 0 Å². The van der Waals surface area contributed by atoms with E-state index in [1.807, 2.05) is 6.07 Å². The third-order valence-electron chi connectivity index (χ3n) is 2.74. The standard InChI is InChI=1S/C12H15BrFNO/c13-11-4-3-9(8-12(11)14)15-6-5-10-2-1-7-16-10/h3-4,8,10,15H,1-2,5-7H2. The number of halogens is 2. The van der Waals surface area contributed by atoms with Crippen molar-refractivity contribution in [1.29, 1.82) is 0 Å². The Labute approximate surface area is 103 Å². The highest BCUT2D eigenvalue weighted by atomic mass is 79.9. The maximum atomic E-state index is 13.2. The van der Waals surface area contributed by atoms with Gasteiger partial charge in [0.25, 0.3) is 0 Å². The summed E-state index contributed by atoms with van der Waals surface area (Å²) in [5.41, 5.74) is 0.818. The third kappa shape index (κ3) is 3.19. The Balaban J connectivity index is 1.78. The summed E-state index contributed by atoms with van der Waals surface area (Å²) in [6.07, 6.45) is 3.68. The molecule has 1 aliphatic rings. The van der Waals surface area contributed by atoms with E-state index in [-0.39, 0.29) is 5.82 Å². The zero-order valence-electron chi connectivity index (χ0n) is 9.01. The van der Waals surface area contributed by atoms with Crippen LogP contribution in [0.5, 0.6) is 0 Å². The van der Waals surface area contributed by atoms with Gasteiger partial charge in [-0.15, -0.1) is 0 Å². The van der Waals surface area contributed by atoms with E-state index in [4.69, 9.17) is 4.74 Å². The molecule has 0 bridgehead atoms. The summed E-state index contributed by atoms with van der Waals surface area (Å²) in [5, 5.41) is 3.20. The van der Waals surface area contributed by atoms with Crippen molar-refractivity contribution in [2.45, 2.75) is 25.4 Å². The second-order valence-electron chi connectivity index (χ2n) is 3.98. The van der Waals surface area contributed by atoms with Crippen LogP contribution < -0.4 is 5.32 Å². The summed E-state index contributed by atoms with van der Waals surface area (Å²) in [7, 11) is 0. The number of rotatable bonds is 4. The molecule has 1 atom stereocenters. The second kappa shape index (κ2) is 5.64. The molecule has 4 heteroatoms. The maximum Gasteiger partial charge on any atom is 0.139 e. The SMILES string of the molecule is Fc1cc(NCCC2CCCO2)ccc1Br. The monoisotopic (exact) mass is 287 g/mol. The normalized spacial score (nSPS) is 20.0. The zero-order valence-corrected chi connectivity index (χ0v) is 10.6. The lowest BCUT2D eigenvalue weighted by Gasteiger charge is -2.11. The van der Waals surface area contributed by atoms with Crippen LogP contribution in [0.2, 0.25) is 0 Å². The number of benzene rings is 1. The van der Waals surface area contributed by atoms with Gasteiger partial charge in [-0.25, -0.2) is 4.39 Å². The Kier molecular flexibility index (Phi) is 4.18. The molecule has 1 N–H and O–H groups in total. The van der Waals surface area contributed by atoms with E-state index >= 15 is 0 Å². The largest absolute Gasteiger partial charge is 0.385 e. The lowest BCUT2D eigenvalue weighted by Crippen LogP contribution is -2.12. The number of anilines is 1. The molecule has 2 nitrogen and oxygen atoms in total. The maximum absolute atomic E-state index is 13.2. The lowest BCUT2D eigenvalue weighted by atomic mass is 10.2. The first-order valence-corrected chi connectivity index (χ1v) is 6.35. The summed E-state index contributed by atoms with van der Waals surface area (Å²) < 4.78 is 19.2. The van der Waals surface area contributed by atoms with Crippen molar-refractivity contribution in [2.24, 2.45) is 0 Å². The summed E-state index contributed by atoms with van der Waals surface area (Å²) in [6, 6.07) is 5.08. The van der Waals surface area contributed by atoms with Crippen LogP contribution in [0.3, 0.4) is 0 Å². The van der Waals surface area contributed by atoms with Crippen LogP contribution in [-0.4, -0.2) is 19.3 Å². The number of hydrogen-bond acceptors (Lipinski definition) is 2. The summed E-state index contributed by atoms with van der Waals surface area (Å²) in [6.45, 7) is 1.71. The van der Waals surface area contributed by atoms with Crippen LogP contribution in [0.4, 0.5) is 10.1 Å². The molecule has 1 heterocycles. The van der Waals surface area contributed by atoms with Crippen LogP contribution in [-0.2, 0) is 4.74 Å². The van der Waals surface area contributed by atoms with Crippen molar-refractivity contribution >= 4 is 21.6 Å². The Bertz CT molecular complexity index is 353. The van der Waals surface area contributed by atoms with Crippen molar-refractivity contribution < 1.29 is 9.13 Å². The molecule has 1 aromatic carbocycles. The highest BCUT2D eigenvalue weighted by Gasteiger charge is 2.14. The molecule has 0 radical (unpaired) electrons. The lowest BCUT2D eigenvalue weighted by molar-refractivity contribution is 0.107. The molecule has 0 spiro atoms. The van der Waals surface area contributed by atoms with E-state index in [0.29, 0.717) is 10.6 Å². The third-order valence-corrected chi connectivity index (χ3v) is 3.38. The van der Waals surface area contributed by atoms with E-state index in [0.717, 1.165) is 38.1 Å². The first-order chi connectivity index (χ1) is 7.75. The molecular formula is C12H15BrFNO. The molecule has 1 aromatic rings. The summed E-state index contributed by atoms with van der Waals surface area (Å²) in [4.78, 5) is 0. The minimum Gasteiger partial charge on any atom is -0.385 e. The van der Waals surface area contributed by atoms with Crippen LogP contribution in [0.15, 0.2) is 22.7 Å². The Hall–Kier alpha value is -0.610. The van der Waals surface area contributed by atoms with Crippen molar-refractivity contribution in [3.63, 3.8) is 0 Å². The number of nitrogens with one attached hydrogen (secondary N) is 1. The Morgan fingerprint density at radius 2 is 2.38 bits per heavy atom. The fourth-order valence-electron chi connectivity index (χ4n) is 1.86. The molecule has 2 rings (SSSR count). The molecule has 16 heavy (non-hydrogen) atoms. The Morgan fingerprint density at radius 1 is 1.50 bits per heavy atom. The summed E-state index contributed by atoms with van der Waals surface area (Å²) >= 11 is 3.13. The van der Waals surface area contributed by atoms with Crippen LogP contribution in [0, 0.1) is 5.82 Å².